The van der Waals surface area contributed by atoms with Crippen LogP contribution < -0.4 is 5.32 Å². The van der Waals surface area contributed by atoms with Crippen LogP contribution in [0.4, 0.5) is 0 Å². The summed E-state index contributed by atoms with van der Waals surface area (Å²) in [5, 5.41) is 10.5. The lowest BCUT2D eigenvalue weighted by molar-refractivity contribution is -0.124. The molecule has 0 unspecified atom stereocenters. The van der Waals surface area contributed by atoms with Crippen molar-refractivity contribution in [3.8, 4) is 0 Å². The zero-order valence-electron chi connectivity index (χ0n) is 11.4. The number of hydrogen-bond acceptors (Lipinski definition) is 5. The van der Waals surface area contributed by atoms with E-state index in [0.717, 1.165) is 5.52 Å². The normalized spacial score (nSPS) is 10.5. The summed E-state index contributed by atoms with van der Waals surface area (Å²) < 4.78 is 6.65. The molecule has 7 heteroatoms. The summed E-state index contributed by atoms with van der Waals surface area (Å²) in [6.07, 6.45) is 0. The maximum Gasteiger partial charge on any atom is 0.338 e. The van der Waals surface area contributed by atoms with Gasteiger partial charge in [-0.05, 0) is 32.0 Å². The molecule has 0 radical (unpaired) electrons. The zero-order chi connectivity index (χ0) is 14.5. The van der Waals surface area contributed by atoms with E-state index in [1.54, 1.807) is 29.8 Å². The minimum Gasteiger partial charge on any atom is -0.452 e. The van der Waals surface area contributed by atoms with Crippen molar-refractivity contribution in [3.63, 3.8) is 0 Å². The van der Waals surface area contributed by atoms with Gasteiger partial charge < -0.3 is 10.1 Å². The minimum absolute atomic E-state index is 0.285. The summed E-state index contributed by atoms with van der Waals surface area (Å²) in [7, 11) is 0. The van der Waals surface area contributed by atoms with Gasteiger partial charge in [-0.15, -0.1) is 5.10 Å². The zero-order valence-corrected chi connectivity index (χ0v) is 11.4. The van der Waals surface area contributed by atoms with Crippen molar-refractivity contribution in [2.45, 2.75) is 20.4 Å². The van der Waals surface area contributed by atoms with Gasteiger partial charge in [0, 0.05) is 13.1 Å². The topological polar surface area (TPSA) is 86.1 Å². The van der Waals surface area contributed by atoms with E-state index in [0.29, 0.717) is 24.2 Å². The summed E-state index contributed by atoms with van der Waals surface area (Å²) in [6.45, 7) is 4.68. The molecule has 0 spiro atoms. The van der Waals surface area contributed by atoms with Gasteiger partial charge in [-0.1, -0.05) is 5.21 Å². The second-order valence-electron chi connectivity index (χ2n) is 4.14. The Morgan fingerprint density at radius 2 is 2.15 bits per heavy atom. The third-order valence-electron chi connectivity index (χ3n) is 2.76. The van der Waals surface area contributed by atoms with E-state index in [1.807, 2.05) is 6.92 Å². The van der Waals surface area contributed by atoms with Gasteiger partial charge in [-0.25, -0.2) is 9.48 Å². The van der Waals surface area contributed by atoms with Crippen molar-refractivity contribution < 1.29 is 14.3 Å². The number of ether oxygens (including phenoxy) is 1. The average molecular weight is 276 g/mol. The first-order valence-corrected chi connectivity index (χ1v) is 6.42. The molecule has 1 N–H and O–H groups in total. The highest BCUT2D eigenvalue weighted by atomic mass is 16.5. The number of nitrogens with one attached hydrogen (secondary N) is 1. The number of amides is 1. The summed E-state index contributed by atoms with van der Waals surface area (Å²) in [5.41, 5.74) is 1.83. The number of aryl methyl sites for hydroxylation is 1. The highest BCUT2D eigenvalue weighted by Gasteiger charge is 2.12. The quantitative estimate of drug-likeness (QED) is 0.814. The molecule has 106 valence electrons. The van der Waals surface area contributed by atoms with Crippen LogP contribution in [0.15, 0.2) is 18.2 Å². The van der Waals surface area contributed by atoms with Gasteiger partial charge in [0.15, 0.2) is 6.61 Å². The number of carbonyl (C=O) groups excluding carboxylic acids is 2. The molecule has 1 heterocycles. The molecule has 7 nitrogen and oxygen atoms in total. The van der Waals surface area contributed by atoms with Crippen LogP contribution in [0, 0.1) is 0 Å². The fraction of sp³-hybridized carbons (Fsp3) is 0.385. The predicted octanol–water partition coefficient (Wildman–Crippen LogP) is 0.744. The molecule has 2 rings (SSSR count). The molecule has 0 saturated carbocycles. The predicted molar refractivity (Wildman–Crippen MR) is 72.2 cm³/mol. The monoisotopic (exact) mass is 276 g/mol. The van der Waals surface area contributed by atoms with Crippen LogP contribution in [0.3, 0.4) is 0 Å². The largest absolute Gasteiger partial charge is 0.452 e. The van der Waals surface area contributed by atoms with E-state index >= 15 is 0 Å². The first-order valence-electron chi connectivity index (χ1n) is 6.42. The van der Waals surface area contributed by atoms with E-state index in [9.17, 15) is 9.59 Å². The Hall–Kier alpha value is -2.44. The molecule has 0 aliphatic rings. The molecule has 0 fully saturated rings. The van der Waals surface area contributed by atoms with Gasteiger partial charge in [0.2, 0.25) is 0 Å². The number of hydrogen-bond donors (Lipinski definition) is 1. The molecule has 1 aromatic heterocycles. The molecule has 1 aromatic carbocycles. The Morgan fingerprint density at radius 1 is 1.35 bits per heavy atom. The van der Waals surface area contributed by atoms with E-state index in [1.165, 1.54) is 0 Å². The molecular formula is C13H16N4O3. The van der Waals surface area contributed by atoms with Crippen LogP contribution in [0.2, 0.25) is 0 Å². The van der Waals surface area contributed by atoms with Crippen LogP contribution in [-0.4, -0.2) is 40.0 Å². The summed E-state index contributed by atoms with van der Waals surface area (Å²) in [6, 6.07) is 5.01. The smallest absolute Gasteiger partial charge is 0.338 e. The molecule has 2 aromatic rings. The molecule has 0 atom stereocenters. The van der Waals surface area contributed by atoms with Crippen molar-refractivity contribution in [3.05, 3.63) is 23.8 Å². The number of aromatic nitrogens is 3. The standard InChI is InChI=1S/C13H16N4O3/c1-3-14-12(18)8-20-13(19)9-5-6-11-10(7-9)15-16-17(11)4-2/h5-7H,3-4,8H2,1-2H3,(H,14,18). The van der Waals surface area contributed by atoms with Gasteiger partial charge in [0.25, 0.3) is 5.91 Å². The first-order chi connectivity index (χ1) is 9.65. The van der Waals surface area contributed by atoms with E-state index in [-0.39, 0.29) is 12.5 Å². The maximum absolute atomic E-state index is 11.8. The van der Waals surface area contributed by atoms with E-state index in [4.69, 9.17) is 4.74 Å². The van der Waals surface area contributed by atoms with Gasteiger partial charge in [-0.2, -0.15) is 0 Å². The van der Waals surface area contributed by atoms with Gasteiger partial charge in [-0.3, -0.25) is 4.79 Å². The molecule has 0 aliphatic carbocycles. The minimum atomic E-state index is -0.552. The van der Waals surface area contributed by atoms with Crippen LogP contribution in [-0.2, 0) is 16.1 Å². The Bertz CT molecular complexity index is 636. The summed E-state index contributed by atoms with van der Waals surface area (Å²) in [5.74, 6) is -0.872. The van der Waals surface area contributed by atoms with E-state index in [2.05, 4.69) is 15.6 Å². The lowest BCUT2D eigenvalue weighted by atomic mass is 10.2. The second kappa shape index (κ2) is 6.14. The van der Waals surface area contributed by atoms with Crippen molar-refractivity contribution >= 4 is 22.9 Å². The van der Waals surface area contributed by atoms with Crippen molar-refractivity contribution in [1.82, 2.24) is 20.3 Å². The van der Waals surface area contributed by atoms with Crippen LogP contribution >= 0.6 is 0 Å². The Balaban J connectivity index is 2.09. The summed E-state index contributed by atoms with van der Waals surface area (Å²) in [4.78, 5) is 23.0. The SMILES string of the molecule is CCNC(=O)COC(=O)c1ccc2c(c1)nnn2CC. The molecule has 0 aliphatic heterocycles. The Morgan fingerprint density at radius 3 is 2.85 bits per heavy atom. The molecule has 1 amide bonds. The van der Waals surface area contributed by atoms with Crippen molar-refractivity contribution in [2.75, 3.05) is 13.2 Å². The number of benzene rings is 1. The number of carbonyl (C=O) groups is 2. The highest BCUT2D eigenvalue weighted by Crippen LogP contribution is 2.14. The molecule has 0 saturated heterocycles. The first kappa shape index (κ1) is 14.0. The van der Waals surface area contributed by atoms with Crippen molar-refractivity contribution in [2.24, 2.45) is 0 Å². The highest BCUT2D eigenvalue weighted by molar-refractivity contribution is 5.94. The van der Waals surface area contributed by atoms with Crippen molar-refractivity contribution in [1.29, 1.82) is 0 Å². The van der Waals surface area contributed by atoms with Crippen LogP contribution in [0.5, 0.6) is 0 Å². The average Bonchev–Trinajstić information content (AvgIpc) is 2.87. The summed E-state index contributed by atoms with van der Waals surface area (Å²) >= 11 is 0. The third-order valence-corrected chi connectivity index (χ3v) is 2.76. The Kier molecular flexibility index (Phi) is 4.29. The number of esters is 1. The van der Waals surface area contributed by atoms with Crippen LogP contribution in [0.25, 0.3) is 11.0 Å². The van der Waals surface area contributed by atoms with E-state index < -0.39 is 5.97 Å². The molecule has 0 bridgehead atoms. The second-order valence-corrected chi connectivity index (χ2v) is 4.14. The number of likely N-dealkylation sites (N-methyl/N-ethyl adjacent to an activating group) is 1. The maximum atomic E-state index is 11.8. The number of nitrogens with zero attached hydrogens (tertiary/aromatic N) is 3. The third kappa shape index (κ3) is 2.93. The lowest BCUT2D eigenvalue weighted by Crippen LogP contribution is -2.28. The Labute approximate surface area is 115 Å². The lowest BCUT2D eigenvalue weighted by Gasteiger charge is -2.05. The fourth-order valence-corrected chi connectivity index (χ4v) is 1.80. The fourth-order valence-electron chi connectivity index (χ4n) is 1.80. The number of fused-ring (bicyclic) bond motifs is 1. The number of rotatable bonds is 5. The van der Waals surface area contributed by atoms with Gasteiger partial charge in [0.1, 0.15) is 5.52 Å². The van der Waals surface area contributed by atoms with Gasteiger partial charge in [0.05, 0.1) is 11.1 Å². The van der Waals surface area contributed by atoms with Crippen LogP contribution in [0.1, 0.15) is 24.2 Å². The molecular weight excluding hydrogens is 260 g/mol. The molecule has 20 heavy (non-hydrogen) atoms. The van der Waals surface area contributed by atoms with Gasteiger partial charge >= 0.3 is 5.97 Å².